The lowest BCUT2D eigenvalue weighted by atomic mass is 10.2. The summed E-state index contributed by atoms with van der Waals surface area (Å²) in [6.07, 6.45) is 5.31. The van der Waals surface area contributed by atoms with Crippen LogP contribution in [0.3, 0.4) is 0 Å². The smallest absolute Gasteiger partial charge is 0.168 e. The maximum atomic E-state index is 13.4. The van der Waals surface area contributed by atoms with E-state index in [-0.39, 0.29) is 12.3 Å². The normalized spacial score (nSPS) is 10.5. The SMILES string of the molecule is O=Cc1cc(OCc2cnccn2)c2cc(F)ccc2n1. The van der Waals surface area contributed by atoms with Gasteiger partial charge >= 0.3 is 0 Å². The summed E-state index contributed by atoms with van der Waals surface area (Å²) in [5.41, 5.74) is 1.35. The van der Waals surface area contributed by atoms with E-state index in [0.717, 1.165) is 0 Å². The highest BCUT2D eigenvalue weighted by molar-refractivity contribution is 5.89. The summed E-state index contributed by atoms with van der Waals surface area (Å²) in [5.74, 6) is -0.0141. The van der Waals surface area contributed by atoms with Crippen molar-refractivity contribution in [3.63, 3.8) is 0 Å². The average molecular weight is 283 g/mol. The van der Waals surface area contributed by atoms with E-state index in [1.165, 1.54) is 24.3 Å². The van der Waals surface area contributed by atoms with Crippen LogP contribution >= 0.6 is 0 Å². The van der Waals surface area contributed by atoms with Crippen molar-refractivity contribution < 1.29 is 13.9 Å². The van der Waals surface area contributed by atoms with Gasteiger partial charge in [0.1, 0.15) is 23.9 Å². The van der Waals surface area contributed by atoms with Crippen molar-refractivity contribution in [1.29, 1.82) is 0 Å². The molecule has 2 aromatic heterocycles. The molecular formula is C15H10FN3O2. The first-order chi connectivity index (χ1) is 10.3. The Morgan fingerprint density at radius 2 is 2.14 bits per heavy atom. The van der Waals surface area contributed by atoms with Crippen LogP contribution in [-0.2, 0) is 6.61 Å². The summed E-state index contributed by atoms with van der Waals surface area (Å²) in [4.78, 5) is 23.1. The van der Waals surface area contributed by atoms with E-state index in [1.54, 1.807) is 18.6 Å². The highest BCUT2D eigenvalue weighted by Gasteiger charge is 2.08. The number of rotatable bonds is 4. The van der Waals surface area contributed by atoms with Crippen LogP contribution < -0.4 is 4.74 Å². The van der Waals surface area contributed by atoms with Crippen molar-refractivity contribution in [1.82, 2.24) is 15.0 Å². The number of hydrogen-bond acceptors (Lipinski definition) is 5. The maximum absolute atomic E-state index is 13.4. The Balaban J connectivity index is 1.99. The molecule has 1 aromatic carbocycles. The summed E-state index contributed by atoms with van der Waals surface area (Å²) < 4.78 is 19.0. The molecule has 0 aliphatic carbocycles. The Morgan fingerprint density at radius 1 is 1.24 bits per heavy atom. The summed E-state index contributed by atoms with van der Waals surface area (Å²) >= 11 is 0. The van der Waals surface area contributed by atoms with Gasteiger partial charge in [0.25, 0.3) is 0 Å². The largest absolute Gasteiger partial charge is 0.486 e. The fourth-order valence-corrected chi connectivity index (χ4v) is 1.92. The lowest BCUT2D eigenvalue weighted by molar-refractivity contribution is 0.111. The van der Waals surface area contributed by atoms with Crippen LogP contribution in [0.1, 0.15) is 16.2 Å². The van der Waals surface area contributed by atoms with Crippen LogP contribution in [0, 0.1) is 5.82 Å². The molecular weight excluding hydrogens is 273 g/mol. The molecule has 3 aromatic rings. The third-order valence-corrected chi connectivity index (χ3v) is 2.87. The van der Waals surface area contributed by atoms with Crippen molar-refractivity contribution in [2.75, 3.05) is 0 Å². The number of carbonyl (C=O) groups is 1. The number of aldehydes is 1. The Bertz CT molecular complexity index is 794. The zero-order valence-electron chi connectivity index (χ0n) is 10.9. The first-order valence-corrected chi connectivity index (χ1v) is 6.19. The van der Waals surface area contributed by atoms with E-state index in [4.69, 9.17) is 4.74 Å². The molecule has 0 saturated heterocycles. The van der Waals surface area contributed by atoms with Crippen LogP contribution in [0.15, 0.2) is 42.9 Å². The molecule has 0 amide bonds. The Morgan fingerprint density at radius 3 is 2.90 bits per heavy atom. The predicted molar refractivity (Wildman–Crippen MR) is 73.5 cm³/mol. The van der Waals surface area contributed by atoms with Crippen molar-refractivity contribution in [2.45, 2.75) is 6.61 Å². The van der Waals surface area contributed by atoms with Crippen LogP contribution in [0.4, 0.5) is 4.39 Å². The van der Waals surface area contributed by atoms with Gasteiger partial charge in [-0.05, 0) is 18.2 Å². The monoisotopic (exact) mass is 283 g/mol. The first-order valence-electron chi connectivity index (χ1n) is 6.19. The molecule has 0 atom stereocenters. The van der Waals surface area contributed by atoms with Gasteiger partial charge in [0.2, 0.25) is 0 Å². The fraction of sp³-hybridized carbons (Fsp3) is 0.0667. The Kier molecular flexibility index (Phi) is 3.51. The number of halogens is 1. The minimum atomic E-state index is -0.396. The zero-order valence-corrected chi connectivity index (χ0v) is 10.9. The minimum Gasteiger partial charge on any atom is -0.486 e. The van der Waals surface area contributed by atoms with Gasteiger partial charge in [0.05, 0.1) is 17.4 Å². The maximum Gasteiger partial charge on any atom is 0.168 e. The minimum absolute atomic E-state index is 0.168. The van der Waals surface area contributed by atoms with Crippen molar-refractivity contribution >= 4 is 17.2 Å². The zero-order chi connectivity index (χ0) is 14.7. The second-order valence-electron chi connectivity index (χ2n) is 4.31. The highest BCUT2D eigenvalue weighted by atomic mass is 19.1. The summed E-state index contributed by atoms with van der Waals surface area (Å²) in [6, 6.07) is 5.59. The molecule has 0 aliphatic heterocycles. The second-order valence-corrected chi connectivity index (χ2v) is 4.31. The van der Waals surface area contributed by atoms with Crippen LogP contribution in [-0.4, -0.2) is 21.2 Å². The summed E-state index contributed by atoms with van der Waals surface area (Å²) in [5, 5.41) is 0.504. The molecule has 104 valence electrons. The molecule has 2 heterocycles. The van der Waals surface area contributed by atoms with Gasteiger partial charge in [-0.2, -0.15) is 0 Å². The van der Waals surface area contributed by atoms with E-state index in [1.807, 2.05) is 0 Å². The lowest BCUT2D eigenvalue weighted by Gasteiger charge is -2.09. The quantitative estimate of drug-likeness (QED) is 0.688. The van der Waals surface area contributed by atoms with Crippen molar-refractivity contribution in [3.05, 3.63) is 60.1 Å². The molecule has 6 heteroatoms. The number of fused-ring (bicyclic) bond motifs is 1. The molecule has 0 radical (unpaired) electrons. The number of pyridine rings is 1. The van der Waals surface area contributed by atoms with Gasteiger partial charge in [-0.15, -0.1) is 0 Å². The van der Waals surface area contributed by atoms with Gasteiger partial charge in [-0.3, -0.25) is 14.8 Å². The second kappa shape index (κ2) is 5.62. The number of hydrogen-bond donors (Lipinski definition) is 0. The molecule has 0 spiro atoms. The average Bonchev–Trinajstić information content (AvgIpc) is 2.53. The first kappa shape index (κ1) is 13.1. The van der Waals surface area contributed by atoms with Crippen LogP contribution in [0.25, 0.3) is 10.9 Å². The van der Waals surface area contributed by atoms with E-state index < -0.39 is 5.82 Å². The molecule has 0 unspecified atom stereocenters. The molecule has 0 saturated carbocycles. The standard InChI is InChI=1S/C15H10FN3O2/c16-10-1-2-14-13(5-10)15(6-11(8-20)19-14)21-9-12-7-17-3-4-18-12/h1-8H,9H2. The van der Waals surface area contributed by atoms with Crippen molar-refractivity contribution in [3.8, 4) is 5.75 Å². The van der Waals surface area contributed by atoms with Crippen LogP contribution in [0.2, 0.25) is 0 Å². The van der Waals surface area contributed by atoms with E-state index >= 15 is 0 Å². The van der Waals surface area contributed by atoms with Gasteiger partial charge in [-0.25, -0.2) is 9.37 Å². The molecule has 0 aliphatic rings. The number of nitrogens with zero attached hydrogens (tertiary/aromatic N) is 3. The highest BCUT2D eigenvalue weighted by Crippen LogP contribution is 2.26. The van der Waals surface area contributed by atoms with E-state index in [0.29, 0.717) is 28.6 Å². The molecule has 3 rings (SSSR count). The molecule has 5 nitrogen and oxygen atoms in total. The third kappa shape index (κ3) is 2.84. The molecule has 0 bridgehead atoms. The van der Waals surface area contributed by atoms with Gasteiger partial charge in [0, 0.05) is 23.8 Å². The topological polar surface area (TPSA) is 65.0 Å². The number of aromatic nitrogens is 3. The van der Waals surface area contributed by atoms with E-state index in [2.05, 4.69) is 15.0 Å². The molecule has 0 N–H and O–H groups in total. The Hall–Kier alpha value is -2.89. The van der Waals surface area contributed by atoms with Crippen molar-refractivity contribution in [2.24, 2.45) is 0 Å². The molecule has 0 fully saturated rings. The summed E-state index contributed by atoms with van der Waals surface area (Å²) in [7, 11) is 0. The number of carbonyl (C=O) groups excluding carboxylic acids is 1. The van der Waals surface area contributed by atoms with E-state index in [9.17, 15) is 9.18 Å². The lowest BCUT2D eigenvalue weighted by Crippen LogP contribution is -2.01. The fourth-order valence-electron chi connectivity index (χ4n) is 1.92. The Labute approximate surface area is 119 Å². The van der Waals surface area contributed by atoms with Gasteiger partial charge in [0.15, 0.2) is 6.29 Å². The van der Waals surface area contributed by atoms with Crippen LogP contribution in [0.5, 0.6) is 5.75 Å². The molecule has 21 heavy (non-hydrogen) atoms. The van der Waals surface area contributed by atoms with Gasteiger partial charge < -0.3 is 4.74 Å². The number of ether oxygens (including phenoxy) is 1. The van der Waals surface area contributed by atoms with Gasteiger partial charge in [-0.1, -0.05) is 0 Å². The third-order valence-electron chi connectivity index (χ3n) is 2.87. The summed E-state index contributed by atoms with van der Waals surface area (Å²) in [6.45, 7) is 0.168. The predicted octanol–water partition coefficient (Wildman–Crippen LogP) is 2.56. The number of benzene rings is 1.